The van der Waals surface area contributed by atoms with Gasteiger partial charge in [0.05, 0.1) is 13.2 Å². The van der Waals surface area contributed by atoms with Gasteiger partial charge in [0.1, 0.15) is 0 Å². The number of nitrogens with zero attached hydrogens (tertiary/aromatic N) is 3. The van der Waals surface area contributed by atoms with E-state index in [1.165, 1.54) is 6.42 Å². The third kappa shape index (κ3) is 5.72. The second-order valence-corrected chi connectivity index (χ2v) is 9.35. The first kappa shape index (κ1) is 23.0. The average Bonchev–Trinajstić information content (AvgIpc) is 3.15. The number of hydrogen-bond donors (Lipinski definition) is 0. The molecule has 3 aliphatic rings. The molecule has 0 bridgehead atoms. The Bertz CT molecular complexity index is 523. The van der Waals surface area contributed by atoms with Crippen molar-refractivity contribution in [2.75, 3.05) is 59.5 Å². The van der Waals surface area contributed by atoms with Crippen LogP contribution in [0.1, 0.15) is 59.3 Å². The molecule has 0 radical (unpaired) electrons. The monoisotopic (exact) mass is 409 g/mol. The van der Waals surface area contributed by atoms with Crippen molar-refractivity contribution in [3.63, 3.8) is 0 Å². The number of amides is 1. The van der Waals surface area contributed by atoms with Gasteiger partial charge in [-0.25, -0.2) is 0 Å². The van der Waals surface area contributed by atoms with Crippen LogP contribution in [0.2, 0.25) is 0 Å². The fourth-order valence-electron chi connectivity index (χ4n) is 5.67. The first-order chi connectivity index (χ1) is 14.0. The molecule has 2 saturated heterocycles. The number of carbonyl (C=O) groups is 1. The summed E-state index contributed by atoms with van der Waals surface area (Å²) in [6.45, 7) is 13.8. The molecule has 2 heterocycles. The standard InChI is InChI=1S/C23H43N3O3/c1-5-10-26-18-19(16-22(27)25(7-3)12-11-24(4)6-2)15-20-17-23(9-8-21(20)26)28-13-14-29-23/h19-21H,5-18H2,1-4H3/t19-,20-,21-/m1/s1. The zero-order chi connectivity index (χ0) is 20.9. The van der Waals surface area contributed by atoms with Crippen molar-refractivity contribution in [1.82, 2.24) is 14.7 Å². The summed E-state index contributed by atoms with van der Waals surface area (Å²) in [6, 6.07) is 0.639. The first-order valence-corrected chi connectivity index (χ1v) is 12.0. The minimum absolute atomic E-state index is 0.328. The molecule has 6 heteroatoms. The van der Waals surface area contributed by atoms with E-state index in [9.17, 15) is 4.79 Å². The SMILES string of the molecule is CCCN1C[C@@H](CC(=O)N(CC)CCN(C)CC)C[C@@H]2CC3(CC[C@H]21)OCCO3. The summed E-state index contributed by atoms with van der Waals surface area (Å²) < 4.78 is 12.1. The largest absolute Gasteiger partial charge is 0.348 e. The highest BCUT2D eigenvalue weighted by Crippen LogP contribution is 2.45. The van der Waals surface area contributed by atoms with Crippen LogP contribution < -0.4 is 0 Å². The van der Waals surface area contributed by atoms with Crippen molar-refractivity contribution in [3.05, 3.63) is 0 Å². The van der Waals surface area contributed by atoms with Crippen LogP contribution in [0, 0.1) is 11.8 Å². The van der Waals surface area contributed by atoms with Gasteiger partial charge < -0.3 is 19.3 Å². The number of carbonyl (C=O) groups excluding carboxylic acids is 1. The van der Waals surface area contributed by atoms with Crippen molar-refractivity contribution in [3.8, 4) is 0 Å². The molecule has 1 amide bonds. The molecule has 0 unspecified atom stereocenters. The molecule has 0 N–H and O–H groups in total. The fraction of sp³-hybridized carbons (Fsp3) is 0.957. The Morgan fingerprint density at radius 3 is 2.55 bits per heavy atom. The Morgan fingerprint density at radius 2 is 1.90 bits per heavy atom. The molecular weight excluding hydrogens is 366 g/mol. The van der Waals surface area contributed by atoms with E-state index in [1.54, 1.807) is 0 Å². The van der Waals surface area contributed by atoms with Gasteiger partial charge in [-0.2, -0.15) is 0 Å². The summed E-state index contributed by atoms with van der Waals surface area (Å²) in [5.74, 6) is 1.03. The first-order valence-electron chi connectivity index (χ1n) is 12.0. The van der Waals surface area contributed by atoms with Crippen molar-refractivity contribution >= 4 is 5.91 Å². The van der Waals surface area contributed by atoms with Gasteiger partial charge >= 0.3 is 0 Å². The normalized spacial score (nSPS) is 29.3. The van der Waals surface area contributed by atoms with E-state index in [0.29, 0.717) is 30.2 Å². The van der Waals surface area contributed by atoms with Crippen molar-refractivity contribution in [1.29, 1.82) is 0 Å². The highest BCUT2D eigenvalue weighted by molar-refractivity contribution is 5.76. The summed E-state index contributed by atoms with van der Waals surface area (Å²) in [5.41, 5.74) is 0. The zero-order valence-corrected chi connectivity index (χ0v) is 19.2. The number of likely N-dealkylation sites (tertiary alicyclic amines) is 1. The van der Waals surface area contributed by atoms with Gasteiger partial charge in [0, 0.05) is 51.5 Å². The maximum atomic E-state index is 13.1. The smallest absolute Gasteiger partial charge is 0.222 e. The second kappa shape index (κ2) is 10.6. The van der Waals surface area contributed by atoms with Gasteiger partial charge in [0.25, 0.3) is 0 Å². The van der Waals surface area contributed by atoms with Crippen molar-refractivity contribution in [2.24, 2.45) is 11.8 Å². The molecule has 3 atom stereocenters. The number of hydrogen-bond acceptors (Lipinski definition) is 5. The zero-order valence-electron chi connectivity index (χ0n) is 19.2. The predicted octanol–water partition coefficient (Wildman–Crippen LogP) is 2.82. The molecule has 1 spiro atoms. The van der Waals surface area contributed by atoms with Crippen LogP contribution in [0.25, 0.3) is 0 Å². The van der Waals surface area contributed by atoms with Gasteiger partial charge in [0.15, 0.2) is 5.79 Å². The quantitative estimate of drug-likeness (QED) is 0.586. The number of ether oxygens (including phenoxy) is 2. The number of fused-ring (bicyclic) bond motifs is 1. The lowest BCUT2D eigenvalue weighted by atomic mass is 9.72. The minimum atomic E-state index is -0.328. The lowest BCUT2D eigenvalue weighted by molar-refractivity contribution is -0.203. The van der Waals surface area contributed by atoms with E-state index in [4.69, 9.17) is 9.47 Å². The van der Waals surface area contributed by atoms with Crippen LogP contribution in [-0.4, -0.2) is 92.0 Å². The topological polar surface area (TPSA) is 45.3 Å². The minimum Gasteiger partial charge on any atom is -0.348 e. The molecule has 168 valence electrons. The summed E-state index contributed by atoms with van der Waals surface area (Å²) in [5, 5.41) is 0. The molecule has 0 aromatic rings. The highest BCUT2D eigenvalue weighted by Gasteiger charge is 2.48. The molecule has 1 saturated carbocycles. The van der Waals surface area contributed by atoms with E-state index < -0.39 is 0 Å². The van der Waals surface area contributed by atoms with E-state index in [-0.39, 0.29) is 5.79 Å². The van der Waals surface area contributed by atoms with Gasteiger partial charge in [-0.3, -0.25) is 9.69 Å². The molecule has 2 aliphatic heterocycles. The Hall–Kier alpha value is -0.690. The van der Waals surface area contributed by atoms with Crippen LogP contribution in [-0.2, 0) is 14.3 Å². The molecule has 3 rings (SSSR count). The van der Waals surface area contributed by atoms with E-state index in [1.807, 2.05) is 4.90 Å². The molecule has 6 nitrogen and oxygen atoms in total. The summed E-state index contributed by atoms with van der Waals surface area (Å²) in [4.78, 5) is 20.1. The molecule has 0 aromatic carbocycles. The Kier molecular flexibility index (Phi) is 8.37. The maximum absolute atomic E-state index is 13.1. The lowest BCUT2D eigenvalue weighted by Crippen LogP contribution is -2.55. The van der Waals surface area contributed by atoms with Gasteiger partial charge in [-0.05, 0) is 58.2 Å². The predicted molar refractivity (Wildman–Crippen MR) is 116 cm³/mol. The highest BCUT2D eigenvalue weighted by atomic mass is 16.7. The Morgan fingerprint density at radius 1 is 1.14 bits per heavy atom. The van der Waals surface area contributed by atoms with E-state index >= 15 is 0 Å². The summed E-state index contributed by atoms with van der Waals surface area (Å²) >= 11 is 0. The number of rotatable bonds is 9. The maximum Gasteiger partial charge on any atom is 0.222 e. The van der Waals surface area contributed by atoms with Crippen LogP contribution in [0.5, 0.6) is 0 Å². The second-order valence-electron chi connectivity index (χ2n) is 9.35. The van der Waals surface area contributed by atoms with Crippen LogP contribution in [0.3, 0.4) is 0 Å². The Labute approximate surface area is 177 Å². The third-order valence-electron chi connectivity index (χ3n) is 7.35. The van der Waals surface area contributed by atoms with Gasteiger partial charge in [-0.15, -0.1) is 0 Å². The molecular formula is C23H43N3O3. The summed E-state index contributed by atoms with van der Waals surface area (Å²) in [7, 11) is 2.12. The molecule has 0 aromatic heterocycles. The van der Waals surface area contributed by atoms with E-state index in [0.717, 1.165) is 78.2 Å². The molecule has 3 fully saturated rings. The Balaban J connectivity index is 1.60. The fourth-order valence-corrected chi connectivity index (χ4v) is 5.67. The molecule has 1 aliphatic carbocycles. The van der Waals surface area contributed by atoms with Crippen LogP contribution >= 0.6 is 0 Å². The summed E-state index contributed by atoms with van der Waals surface area (Å²) in [6.07, 6.45) is 6.18. The van der Waals surface area contributed by atoms with Gasteiger partial charge in [0.2, 0.25) is 5.91 Å². The number of likely N-dealkylation sites (N-methyl/N-ethyl adjacent to an activating group) is 2. The van der Waals surface area contributed by atoms with Crippen LogP contribution in [0.4, 0.5) is 0 Å². The lowest BCUT2D eigenvalue weighted by Gasteiger charge is -2.51. The van der Waals surface area contributed by atoms with E-state index in [2.05, 4.69) is 37.6 Å². The van der Waals surface area contributed by atoms with Crippen molar-refractivity contribution in [2.45, 2.75) is 71.1 Å². The number of piperidine rings is 1. The molecule has 29 heavy (non-hydrogen) atoms. The average molecular weight is 410 g/mol. The van der Waals surface area contributed by atoms with Gasteiger partial charge in [-0.1, -0.05) is 13.8 Å². The van der Waals surface area contributed by atoms with Crippen LogP contribution in [0.15, 0.2) is 0 Å². The van der Waals surface area contributed by atoms with Crippen molar-refractivity contribution < 1.29 is 14.3 Å². The third-order valence-corrected chi connectivity index (χ3v) is 7.35.